The van der Waals surface area contributed by atoms with E-state index in [0.717, 1.165) is 5.56 Å². The first-order valence-corrected chi connectivity index (χ1v) is 7.85. The van der Waals surface area contributed by atoms with Gasteiger partial charge < -0.3 is 15.4 Å². The van der Waals surface area contributed by atoms with Crippen LogP contribution in [-0.4, -0.2) is 25.1 Å². The van der Waals surface area contributed by atoms with Gasteiger partial charge in [0.25, 0.3) is 0 Å². The van der Waals surface area contributed by atoms with Crippen molar-refractivity contribution in [1.29, 1.82) is 0 Å². The molecule has 0 spiro atoms. The van der Waals surface area contributed by atoms with E-state index in [9.17, 15) is 22.8 Å². The van der Waals surface area contributed by atoms with Crippen molar-refractivity contribution in [3.05, 3.63) is 65.7 Å². The van der Waals surface area contributed by atoms with E-state index >= 15 is 0 Å². The minimum absolute atomic E-state index is 0.264. The summed E-state index contributed by atoms with van der Waals surface area (Å²) in [6.07, 6.45) is -1.97. The average molecular weight is 378 g/mol. The van der Waals surface area contributed by atoms with Gasteiger partial charge in [0.15, 0.2) is 0 Å². The van der Waals surface area contributed by atoms with E-state index in [1.165, 1.54) is 37.5 Å². The highest BCUT2D eigenvalue weighted by atomic mass is 19.4. The molecule has 0 aliphatic heterocycles. The van der Waals surface area contributed by atoms with Gasteiger partial charge in [0, 0.05) is 23.9 Å². The van der Waals surface area contributed by atoms with Gasteiger partial charge in [-0.2, -0.15) is 13.2 Å². The van der Waals surface area contributed by atoms with Crippen LogP contribution in [0.4, 0.5) is 18.9 Å². The van der Waals surface area contributed by atoms with Gasteiger partial charge in [-0.05, 0) is 29.8 Å². The number of halogens is 3. The topological polar surface area (TPSA) is 67.4 Å². The van der Waals surface area contributed by atoms with Gasteiger partial charge in [-0.25, -0.2) is 0 Å². The first kappa shape index (κ1) is 20.0. The second-order valence-corrected chi connectivity index (χ2v) is 5.44. The maximum Gasteiger partial charge on any atom is 0.471 e. The molecule has 0 aliphatic rings. The molecule has 2 N–H and O–H groups in total. The van der Waals surface area contributed by atoms with E-state index in [1.54, 1.807) is 23.5 Å². The number of amides is 2. The summed E-state index contributed by atoms with van der Waals surface area (Å²) in [6.45, 7) is -0.264. The summed E-state index contributed by atoms with van der Waals surface area (Å²) in [5, 5.41) is 4.41. The fourth-order valence-corrected chi connectivity index (χ4v) is 2.14. The lowest BCUT2D eigenvalue weighted by atomic mass is 10.2. The fourth-order valence-electron chi connectivity index (χ4n) is 2.14. The third-order valence-corrected chi connectivity index (χ3v) is 3.49. The van der Waals surface area contributed by atoms with Gasteiger partial charge in [-0.1, -0.05) is 30.3 Å². The van der Waals surface area contributed by atoms with Crippen molar-refractivity contribution >= 4 is 23.6 Å². The predicted octanol–water partition coefficient (Wildman–Crippen LogP) is 3.53. The molecule has 0 bridgehead atoms. The lowest BCUT2D eigenvalue weighted by Gasteiger charge is -2.08. The van der Waals surface area contributed by atoms with Crippen LogP contribution in [0.25, 0.3) is 6.08 Å². The summed E-state index contributed by atoms with van der Waals surface area (Å²) < 4.78 is 41.6. The van der Waals surface area contributed by atoms with Gasteiger partial charge in [-0.3, -0.25) is 9.59 Å². The molecule has 142 valence electrons. The monoisotopic (exact) mass is 378 g/mol. The first-order valence-electron chi connectivity index (χ1n) is 7.85. The zero-order chi connectivity index (χ0) is 19.9. The normalized spacial score (nSPS) is 11.3. The van der Waals surface area contributed by atoms with Gasteiger partial charge in [-0.15, -0.1) is 0 Å². The van der Waals surface area contributed by atoms with Crippen LogP contribution in [0.5, 0.6) is 5.75 Å². The Kier molecular flexibility index (Phi) is 6.59. The zero-order valence-electron chi connectivity index (χ0n) is 14.3. The number of anilines is 1. The highest BCUT2D eigenvalue weighted by molar-refractivity contribution is 6.02. The molecule has 0 saturated heterocycles. The minimum Gasteiger partial charge on any atom is -0.496 e. The second kappa shape index (κ2) is 8.88. The smallest absolute Gasteiger partial charge is 0.471 e. The van der Waals surface area contributed by atoms with Crippen LogP contribution >= 0.6 is 0 Å². The number of methoxy groups -OCH3 is 1. The Balaban J connectivity index is 1.91. The molecular weight excluding hydrogens is 361 g/mol. The number of hydrogen-bond acceptors (Lipinski definition) is 3. The summed E-state index contributed by atoms with van der Waals surface area (Å²) in [6, 6.07) is 13.3. The van der Waals surface area contributed by atoms with Gasteiger partial charge in [0.1, 0.15) is 5.75 Å². The lowest BCUT2D eigenvalue weighted by molar-refractivity contribution is -0.173. The van der Waals surface area contributed by atoms with Crippen molar-refractivity contribution in [3.8, 4) is 5.75 Å². The number of carbonyl (C=O) groups is 2. The summed E-state index contributed by atoms with van der Waals surface area (Å²) in [7, 11) is 1.53. The summed E-state index contributed by atoms with van der Waals surface area (Å²) >= 11 is 0. The SMILES string of the molecule is COc1ccccc1/C=C/C(=O)Nc1ccc(CNC(=O)C(F)(F)F)cc1. The van der Waals surface area contributed by atoms with Crippen molar-refractivity contribution in [2.24, 2.45) is 0 Å². The molecule has 0 aliphatic carbocycles. The van der Waals surface area contributed by atoms with E-state index in [0.29, 0.717) is 17.0 Å². The Morgan fingerprint density at radius 2 is 1.74 bits per heavy atom. The summed E-state index contributed by atoms with van der Waals surface area (Å²) in [5.74, 6) is -1.74. The highest BCUT2D eigenvalue weighted by Gasteiger charge is 2.38. The highest BCUT2D eigenvalue weighted by Crippen LogP contribution is 2.19. The lowest BCUT2D eigenvalue weighted by Crippen LogP contribution is -2.36. The van der Waals surface area contributed by atoms with Crippen molar-refractivity contribution in [1.82, 2.24) is 5.32 Å². The molecule has 27 heavy (non-hydrogen) atoms. The van der Waals surface area contributed by atoms with Gasteiger partial charge >= 0.3 is 12.1 Å². The van der Waals surface area contributed by atoms with E-state index < -0.39 is 12.1 Å². The van der Waals surface area contributed by atoms with E-state index in [-0.39, 0.29) is 12.5 Å². The fraction of sp³-hybridized carbons (Fsp3) is 0.158. The quantitative estimate of drug-likeness (QED) is 0.756. The van der Waals surface area contributed by atoms with Crippen LogP contribution in [-0.2, 0) is 16.1 Å². The molecule has 0 saturated carbocycles. The molecule has 2 aromatic carbocycles. The molecule has 0 fully saturated rings. The van der Waals surface area contributed by atoms with Crippen LogP contribution in [0.15, 0.2) is 54.6 Å². The molecular formula is C19H17F3N2O3. The number of benzene rings is 2. The van der Waals surface area contributed by atoms with Crippen LogP contribution in [0.1, 0.15) is 11.1 Å². The predicted molar refractivity (Wildman–Crippen MR) is 95.0 cm³/mol. The van der Waals surface area contributed by atoms with Gasteiger partial charge in [0.05, 0.1) is 7.11 Å². The number of para-hydroxylation sites is 1. The number of alkyl halides is 3. The number of carbonyl (C=O) groups excluding carboxylic acids is 2. The van der Waals surface area contributed by atoms with Crippen molar-refractivity contribution in [2.45, 2.75) is 12.7 Å². The van der Waals surface area contributed by atoms with E-state index in [4.69, 9.17) is 4.74 Å². The minimum atomic E-state index is -4.91. The number of nitrogens with one attached hydrogen (secondary N) is 2. The third kappa shape index (κ3) is 6.18. The largest absolute Gasteiger partial charge is 0.496 e. The molecule has 0 radical (unpaired) electrons. The zero-order valence-corrected chi connectivity index (χ0v) is 14.3. The average Bonchev–Trinajstić information content (AvgIpc) is 2.65. The molecule has 0 aromatic heterocycles. The Morgan fingerprint density at radius 1 is 1.07 bits per heavy atom. The van der Waals surface area contributed by atoms with Crippen LogP contribution in [0, 0.1) is 0 Å². The Bertz CT molecular complexity index is 831. The molecule has 2 amide bonds. The molecule has 2 rings (SSSR count). The second-order valence-electron chi connectivity index (χ2n) is 5.44. The Labute approximate surface area is 153 Å². The Hall–Kier alpha value is -3.29. The third-order valence-electron chi connectivity index (χ3n) is 3.49. The maximum atomic E-state index is 12.1. The standard InChI is InChI=1S/C19H17F3N2O3/c1-27-16-5-3-2-4-14(16)8-11-17(25)24-15-9-6-13(7-10-15)12-23-18(26)19(20,21)22/h2-11H,12H2,1H3,(H,23,26)(H,24,25)/b11-8+. The van der Waals surface area contributed by atoms with E-state index in [2.05, 4.69) is 5.32 Å². The summed E-state index contributed by atoms with van der Waals surface area (Å²) in [5.41, 5.74) is 1.68. The molecule has 0 atom stereocenters. The molecule has 0 unspecified atom stereocenters. The number of ether oxygens (including phenoxy) is 1. The van der Waals surface area contributed by atoms with E-state index in [1.807, 2.05) is 12.1 Å². The molecule has 8 heteroatoms. The van der Waals surface area contributed by atoms with Crippen molar-refractivity contribution in [3.63, 3.8) is 0 Å². The molecule has 5 nitrogen and oxygen atoms in total. The summed E-state index contributed by atoms with van der Waals surface area (Å²) in [4.78, 5) is 22.8. The van der Waals surface area contributed by atoms with Crippen LogP contribution < -0.4 is 15.4 Å². The van der Waals surface area contributed by atoms with Gasteiger partial charge in [0.2, 0.25) is 5.91 Å². The van der Waals surface area contributed by atoms with Crippen LogP contribution in [0.2, 0.25) is 0 Å². The number of rotatable bonds is 6. The first-order chi connectivity index (χ1) is 12.8. The van der Waals surface area contributed by atoms with Crippen molar-refractivity contribution < 1.29 is 27.5 Å². The molecule has 0 heterocycles. The van der Waals surface area contributed by atoms with Crippen molar-refractivity contribution in [2.75, 3.05) is 12.4 Å². The Morgan fingerprint density at radius 3 is 2.37 bits per heavy atom. The van der Waals surface area contributed by atoms with Crippen LogP contribution in [0.3, 0.4) is 0 Å². The maximum absolute atomic E-state index is 12.1. The molecule has 2 aromatic rings. The number of hydrogen-bond donors (Lipinski definition) is 2.